The van der Waals surface area contributed by atoms with Crippen molar-refractivity contribution in [1.82, 2.24) is 25.9 Å². The average molecular weight is 393 g/mol. The quantitative estimate of drug-likeness (QED) is 0.515. The van der Waals surface area contributed by atoms with E-state index in [9.17, 15) is 14.3 Å². The summed E-state index contributed by atoms with van der Waals surface area (Å²) in [6, 6.07) is -0.419. The van der Waals surface area contributed by atoms with Gasteiger partial charge >= 0.3 is 5.97 Å². The molecule has 4 heterocycles. The maximum atomic E-state index is 14.3. The second kappa shape index (κ2) is 7.16. The number of nitrogens with one attached hydrogen (secondary N) is 4. The van der Waals surface area contributed by atoms with Gasteiger partial charge in [0.05, 0.1) is 17.1 Å². The van der Waals surface area contributed by atoms with Gasteiger partial charge in [0.2, 0.25) is 0 Å². The molecule has 8 nitrogen and oxygen atoms in total. The Kier molecular flexibility index (Phi) is 4.71. The molecule has 0 amide bonds. The molecule has 1 saturated heterocycles. The highest BCUT2D eigenvalue weighted by atomic mass is 35.5. The van der Waals surface area contributed by atoms with E-state index in [-0.39, 0.29) is 12.0 Å². The highest BCUT2D eigenvalue weighted by molar-refractivity contribution is 6.31. The fourth-order valence-electron chi connectivity index (χ4n) is 3.41. The third-order valence-electron chi connectivity index (χ3n) is 4.80. The Morgan fingerprint density at radius 1 is 1.37 bits per heavy atom. The van der Waals surface area contributed by atoms with Crippen molar-refractivity contribution < 1.29 is 14.3 Å². The zero-order chi connectivity index (χ0) is 19.0. The number of carboxylic acid groups (broad SMARTS) is 1. The van der Waals surface area contributed by atoms with Gasteiger partial charge in [0.15, 0.2) is 17.5 Å². The lowest BCUT2D eigenvalue weighted by Gasteiger charge is -2.30. The van der Waals surface area contributed by atoms with Gasteiger partial charge in [-0.3, -0.25) is 4.79 Å². The van der Waals surface area contributed by atoms with Crippen LogP contribution in [0.2, 0.25) is 0 Å². The maximum Gasteiger partial charge on any atom is 0.309 e. The fourth-order valence-corrected chi connectivity index (χ4v) is 3.59. The van der Waals surface area contributed by atoms with E-state index in [1.807, 2.05) is 0 Å². The molecule has 3 atom stereocenters. The van der Waals surface area contributed by atoms with E-state index in [2.05, 4.69) is 31.2 Å². The summed E-state index contributed by atoms with van der Waals surface area (Å²) in [5.74, 6) is -1.90. The Bertz CT molecular complexity index is 871. The van der Waals surface area contributed by atoms with Crippen molar-refractivity contribution in [2.24, 2.45) is 5.92 Å². The lowest BCUT2D eigenvalue weighted by Crippen LogP contribution is -2.47. The molecule has 0 aliphatic carbocycles. The first-order valence-electron chi connectivity index (χ1n) is 8.56. The van der Waals surface area contributed by atoms with Crippen molar-refractivity contribution in [1.29, 1.82) is 0 Å². The summed E-state index contributed by atoms with van der Waals surface area (Å²) in [4.78, 5) is 19.8. The SMILES string of the molecule is O=C(O)C1CNCCC1Nc1nc(C2=CNC3NC=C(Cl)C=C23)ncc1F. The van der Waals surface area contributed by atoms with E-state index in [0.717, 1.165) is 11.8 Å². The smallest absolute Gasteiger partial charge is 0.309 e. The number of anilines is 1. The van der Waals surface area contributed by atoms with Crippen molar-refractivity contribution in [3.8, 4) is 0 Å². The van der Waals surface area contributed by atoms with Crippen LogP contribution < -0.4 is 21.3 Å². The number of piperidine rings is 1. The number of carboxylic acids is 1. The summed E-state index contributed by atoms with van der Waals surface area (Å²) in [5.41, 5.74) is 1.55. The Morgan fingerprint density at radius 2 is 2.19 bits per heavy atom. The summed E-state index contributed by atoms with van der Waals surface area (Å²) in [5, 5.41) is 22.2. The van der Waals surface area contributed by atoms with E-state index >= 15 is 0 Å². The molecule has 142 valence electrons. The van der Waals surface area contributed by atoms with Crippen molar-refractivity contribution in [2.45, 2.75) is 18.6 Å². The van der Waals surface area contributed by atoms with Gasteiger partial charge in [-0.15, -0.1) is 0 Å². The number of rotatable bonds is 4. The summed E-state index contributed by atoms with van der Waals surface area (Å²) < 4.78 is 14.3. The Labute approximate surface area is 159 Å². The third kappa shape index (κ3) is 3.47. The number of halogens is 2. The molecule has 1 aromatic heterocycles. The Morgan fingerprint density at radius 3 is 3.00 bits per heavy atom. The lowest BCUT2D eigenvalue weighted by molar-refractivity contribution is -0.142. The van der Waals surface area contributed by atoms with E-state index < -0.39 is 23.7 Å². The molecule has 0 spiro atoms. The summed E-state index contributed by atoms with van der Waals surface area (Å²) in [6.45, 7) is 0.980. The number of fused-ring (bicyclic) bond motifs is 1. The predicted octanol–water partition coefficient (Wildman–Crippen LogP) is 0.970. The average Bonchev–Trinajstić information content (AvgIpc) is 3.07. The lowest BCUT2D eigenvalue weighted by atomic mass is 9.93. The third-order valence-corrected chi connectivity index (χ3v) is 5.02. The molecule has 3 aliphatic heterocycles. The molecule has 10 heteroatoms. The molecule has 0 aromatic carbocycles. The van der Waals surface area contributed by atoms with Crippen molar-refractivity contribution in [2.75, 3.05) is 18.4 Å². The van der Waals surface area contributed by atoms with Crippen LogP contribution in [0, 0.1) is 11.7 Å². The second-order valence-corrected chi connectivity index (χ2v) is 6.97. The van der Waals surface area contributed by atoms with Crippen LogP contribution in [0.1, 0.15) is 12.2 Å². The number of hydrogen-bond acceptors (Lipinski definition) is 7. The first-order chi connectivity index (χ1) is 13.0. The van der Waals surface area contributed by atoms with Gasteiger partial charge in [0.1, 0.15) is 6.17 Å². The van der Waals surface area contributed by atoms with Gasteiger partial charge in [-0.1, -0.05) is 11.6 Å². The molecule has 1 fully saturated rings. The second-order valence-electron chi connectivity index (χ2n) is 6.53. The Balaban J connectivity index is 1.61. The zero-order valence-corrected chi connectivity index (χ0v) is 14.9. The summed E-state index contributed by atoms with van der Waals surface area (Å²) in [6.07, 6.45) is 6.71. The largest absolute Gasteiger partial charge is 0.481 e. The molecule has 0 saturated carbocycles. The topological polar surface area (TPSA) is 111 Å². The number of aliphatic carboxylic acids is 1. The molecule has 5 N–H and O–H groups in total. The first kappa shape index (κ1) is 17.7. The highest BCUT2D eigenvalue weighted by Gasteiger charge is 2.32. The van der Waals surface area contributed by atoms with Crippen LogP contribution in [-0.2, 0) is 4.79 Å². The van der Waals surface area contributed by atoms with E-state index in [0.29, 0.717) is 35.9 Å². The normalized spacial score (nSPS) is 26.7. The number of dihydropyridines is 1. The monoisotopic (exact) mass is 392 g/mol. The molecule has 4 rings (SSSR count). The molecule has 0 radical (unpaired) electrons. The van der Waals surface area contributed by atoms with Gasteiger partial charge in [-0.2, -0.15) is 0 Å². The van der Waals surface area contributed by atoms with E-state index in [1.54, 1.807) is 18.5 Å². The van der Waals surface area contributed by atoms with Crippen LogP contribution in [0.15, 0.2) is 35.3 Å². The molecular weight excluding hydrogens is 375 g/mol. The number of aromatic nitrogens is 2. The number of allylic oxidation sites excluding steroid dienone is 2. The summed E-state index contributed by atoms with van der Waals surface area (Å²) in [7, 11) is 0. The Hall–Kier alpha value is -2.65. The van der Waals surface area contributed by atoms with Crippen LogP contribution in [-0.4, -0.2) is 46.3 Å². The molecule has 0 bridgehead atoms. The number of carbonyl (C=O) groups is 1. The molecule has 3 unspecified atom stereocenters. The van der Waals surface area contributed by atoms with E-state index in [1.165, 1.54) is 0 Å². The van der Waals surface area contributed by atoms with Gasteiger partial charge in [0.25, 0.3) is 0 Å². The van der Waals surface area contributed by atoms with Crippen LogP contribution in [0.5, 0.6) is 0 Å². The van der Waals surface area contributed by atoms with Gasteiger partial charge in [-0.25, -0.2) is 14.4 Å². The van der Waals surface area contributed by atoms with Crippen molar-refractivity contribution in [3.05, 3.63) is 46.9 Å². The van der Waals surface area contributed by atoms with Crippen molar-refractivity contribution in [3.63, 3.8) is 0 Å². The number of nitrogens with zero attached hydrogens (tertiary/aromatic N) is 2. The standard InChI is InChI=1S/C17H18ClFN6O2/c18-8-3-9-10(6-22-14(9)21-4-8)15-23-7-12(19)16(25-15)24-13-1-2-20-5-11(13)17(26)27/h3-4,6-7,11,13-14,20-22H,1-2,5H2,(H,26,27)(H,23,24,25). The first-order valence-corrected chi connectivity index (χ1v) is 8.93. The molecule has 27 heavy (non-hydrogen) atoms. The minimum atomic E-state index is -0.931. The van der Waals surface area contributed by atoms with Gasteiger partial charge in [0, 0.05) is 36.1 Å². The van der Waals surface area contributed by atoms with E-state index in [4.69, 9.17) is 11.6 Å². The maximum absolute atomic E-state index is 14.3. The minimum absolute atomic E-state index is 0.00601. The zero-order valence-electron chi connectivity index (χ0n) is 14.2. The van der Waals surface area contributed by atoms with Crippen LogP contribution in [0.3, 0.4) is 0 Å². The van der Waals surface area contributed by atoms with Crippen LogP contribution >= 0.6 is 11.6 Å². The molecular formula is C17H18ClFN6O2. The van der Waals surface area contributed by atoms with Crippen LogP contribution in [0.25, 0.3) is 5.57 Å². The molecule has 1 aromatic rings. The van der Waals surface area contributed by atoms with Crippen LogP contribution in [0.4, 0.5) is 10.2 Å². The minimum Gasteiger partial charge on any atom is -0.481 e. The number of hydrogen-bond donors (Lipinski definition) is 5. The van der Waals surface area contributed by atoms with Gasteiger partial charge < -0.3 is 26.4 Å². The predicted molar refractivity (Wildman–Crippen MR) is 98.1 cm³/mol. The fraction of sp³-hybridized carbons (Fsp3) is 0.353. The summed E-state index contributed by atoms with van der Waals surface area (Å²) >= 11 is 6.06. The highest BCUT2D eigenvalue weighted by Crippen LogP contribution is 2.31. The molecule has 3 aliphatic rings. The van der Waals surface area contributed by atoms with Crippen molar-refractivity contribution >= 4 is 29.0 Å². The van der Waals surface area contributed by atoms with Gasteiger partial charge in [-0.05, 0) is 19.0 Å².